The van der Waals surface area contributed by atoms with Crippen molar-refractivity contribution in [2.75, 3.05) is 33.9 Å². The Bertz CT molecular complexity index is 505. The molecule has 1 atom stereocenters. The molecule has 1 aliphatic rings. The zero-order chi connectivity index (χ0) is 15.9. The molecule has 1 aromatic rings. The number of amides is 1. The van der Waals surface area contributed by atoms with Crippen LogP contribution in [0.5, 0.6) is 11.5 Å². The first-order valence-corrected chi connectivity index (χ1v) is 7.86. The predicted octanol–water partition coefficient (Wildman–Crippen LogP) is 1.85. The molecule has 1 aliphatic heterocycles. The first-order chi connectivity index (χ1) is 10.6. The fourth-order valence-electron chi connectivity index (χ4n) is 2.81. The van der Waals surface area contributed by atoms with Crippen molar-refractivity contribution in [3.63, 3.8) is 0 Å². The molecule has 0 saturated carbocycles. The Balaban J connectivity index is 1.84. The van der Waals surface area contributed by atoms with E-state index in [0.29, 0.717) is 12.5 Å². The number of piperazine rings is 1. The summed E-state index contributed by atoms with van der Waals surface area (Å²) in [5.74, 6) is 1.86. The Morgan fingerprint density at radius 1 is 1.36 bits per heavy atom. The number of rotatable bonds is 6. The van der Waals surface area contributed by atoms with Gasteiger partial charge in [-0.2, -0.15) is 0 Å². The molecule has 0 aliphatic carbocycles. The van der Waals surface area contributed by atoms with Crippen LogP contribution in [0.4, 0.5) is 0 Å². The summed E-state index contributed by atoms with van der Waals surface area (Å²) in [7, 11) is 3.30. The number of hydrogen-bond donors (Lipinski definition) is 1. The molecule has 1 N–H and O–H groups in total. The number of ether oxygens (including phenoxy) is 2. The Kier molecular flexibility index (Phi) is 6.07. The Morgan fingerprint density at radius 2 is 2.18 bits per heavy atom. The van der Waals surface area contributed by atoms with E-state index in [9.17, 15) is 4.79 Å². The molecule has 0 spiro atoms. The van der Waals surface area contributed by atoms with Crippen LogP contribution in [0.25, 0.3) is 0 Å². The van der Waals surface area contributed by atoms with E-state index in [0.717, 1.165) is 49.5 Å². The number of hydrogen-bond acceptors (Lipinski definition) is 4. The van der Waals surface area contributed by atoms with Crippen molar-refractivity contribution >= 4 is 5.91 Å². The molecule has 1 amide bonds. The van der Waals surface area contributed by atoms with Crippen molar-refractivity contribution in [2.24, 2.45) is 0 Å². The number of nitrogens with zero attached hydrogens (tertiary/aromatic N) is 1. The summed E-state index contributed by atoms with van der Waals surface area (Å²) in [5, 5.41) is 3.35. The lowest BCUT2D eigenvalue weighted by Crippen LogP contribution is -2.51. The molecule has 5 nitrogen and oxygen atoms in total. The van der Waals surface area contributed by atoms with Crippen molar-refractivity contribution in [3.8, 4) is 11.5 Å². The van der Waals surface area contributed by atoms with Gasteiger partial charge in [0.2, 0.25) is 5.91 Å². The van der Waals surface area contributed by atoms with Crippen molar-refractivity contribution in [1.29, 1.82) is 0 Å². The van der Waals surface area contributed by atoms with Gasteiger partial charge in [-0.25, -0.2) is 0 Å². The van der Waals surface area contributed by atoms with Gasteiger partial charge in [-0.1, -0.05) is 6.07 Å². The minimum atomic E-state index is 0.251. The number of nitrogens with one attached hydrogen (secondary N) is 1. The van der Waals surface area contributed by atoms with Gasteiger partial charge in [0, 0.05) is 38.2 Å². The third-order valence-corrected chi connectivity index (χ3v) is 4.05. The van der Waals surface area contributed by atoms with E-state index in [1.165, 1.54) is 0 Å². The molecule has 0 radical (unpaired) electrons. The molecule has 1 fully saturated rings. The Labute approximate surface area is 132 Å². The predicted molar refractivity (Wildman–Crippen MR) is 86.5 cm³/mol. The van der Waals surface area contributed by atoms with Gasteiger partial charge in [0.05, 0.1) is 14.2 Å². The molecule has 5 heteroatoms. The van der Waals surface area contributed by atoms with Gasteiger partial charge in [-0.3, -0.25) is 4.79 Å². The monoisotopic (exact) mass is 306 g/mol. The van der Waals surface area contributed by atoms with Gasteiger partial charge < -0.3 is 19.7 Å². The van der Waals surface area contributed by atoms with Crippen LogP contribution in [-0.2, 0) is 11.2 Å². The molecule has 1 saturated heterocycles. The largest absolute Gasteiger partial charge is 0.497 e. The first kappa shape index (κ1) is 16.6. The molecule has 1 heterocycles. The second kappa shape index (κ2) is 8.03. The number of aryl methyl sites for hydroxylation is 1. The third kappa shape index (κ3) is 4.37. The second-order valence-electron chi connectivity index (χ2n) is 5.73. The minimum absolute atomic E-state index is 0.251. The lowest BCUT2D eigenvalue weighted by atomic mass is 10.1. The van der Waals surface area contributed by atoms with Gasteiger partial charge in [0.25, 0.3) is 0 Å². The van der Waals surface area contributed by atoms with Gasteiger partial charge in [0.1, 0.15) is 11.5 Å². The van der Waals surface area contributed by atoms with E-state index in [2.05, 4.69) is 12.2 Å². The van der Waals surface area contributed by atoms with Crippen molar-refractivity contribution in [1.82, 2.24) is 10.2 Å². The Hall–Kier alpha value is -1.75. The van der Waals surface area contributed by atoms with E-state index in [1.54, 1.807) is 14.2 Å². The molecule has 0 bridgehead atoms. The van der Waals surface area contributed by atoms with Crippen LogP contribution in [0.15, 0.2) is 18.2 Å². The molecular formula is C17H26N2O3. The van der Waals surface area contributed by atoms with Crippen LogP contribution in [0.3, 0.4) is 0 Å². The molecule has 2 rings (SSSR count). The summed E-state index contributed by atoms with van der Waals surface area (Å²) in [4.78, 5) is 14.2. The minimum Gasteiger partial charge on any atom is -0.497 e. The normalized spacial score (nSPS) is 18.1. The summed E-state index contributed by atoms with van der Waals surface area (Å²) in [6.45, 7) is 4.63. The maximum Gasteiger partial charge on any atom is 0.222 e. The summed E-state index contributed by atoms with van der Waals surface area (Å²) in [6.07, 6.45) is 2.25. The van der Waals surface area contributed by atoms with Crippen molar-refractivity contribution < 1.29 is 14.3 Å². The molecule has 22 heavy (non-hydrogen) atoms. The smallest absolute Gasteiger partial charge is 0.222 e. The summed E-state index contributed by atoms with van der Waals surface area (Å²) >= 11 is 0. The van der Waals surface area contributed by atoms with Crippen LogP contribution < -0.4 is 14.8 Å². The van der Waals surface area contributed by atoms with Gasteiger partial charge in [-0.05, 0) is 31.4 Å². The summed E-state index contributed by atoms with van der Waals surface area (Å²) in [6, 6.07) is 6.21. The highest BCUT2D eigenvalue weighted by Crippen LogP contribution is 2.26. The summed E-state index contributed by atoms with van der Waals surface area (Å²) < 4.78 is 10.6. The first-order valence-electron chi connectivity index (χ1n) is 7.86. The van der Waals surface area contributed by atoms with Crippen LogP contribution >= 0.6 is 0 Å². The maximum absolute atomic E-state index is 12.2. The van der Waals surface area contributed by atoms with Gasteiger partial charge in [-0.15, -0.1) is 0 Å². The van der Waals surface area contributed by atoms with E-state index < -0.39 is 0 Å². The SMILES string of the molecule is COc1ccc(CCCC(=O)N2CCN[C@H](C)C2)c(OC)c1. The molecule has 0 unspecified atom stereocenters. The average Bonchev–Trinajstić information content (AvgIpc) is 2.54. The molecular weight excluding hydrogens is 280 g/mol. The number of benzene rings is 1. The van der Waals surface area contributed by atoms with Crippen LogP contribution in [-0.4, -0.2) is 50.7 Å². The number of carbonyl (C=O) groups is 1. The van der Waals surface area contributed by atoms with E-state index in [1.807, 2.05) is 23.1 Å². The van der Waals surface area contributed by atoms with Crippen LogP contribution in [0.2, 0.25) is 0 Å². The fraction of sp³-hybridized carbons (Fsp3) is 0.588. The zero-order valence-electron chi connectivity index (χ0n) is 13.7. The topological polar surface area (TPSA) is 50.8 Å². The fourth-order valence-corrected chi connectivity index (χ4v) is 2.81. The highest BCUT2D eigenvalue weighted by Gasteiger charge is 2.19. The van der Waals surface area contributed by atoms with Gasteiger partial charge >= 0.3 is 0 Å². The van der Waals surface area contributed by atoms with E-state index in [-0.39, 0.29) is 5.91 Å². The molecule has 1 aromatic carbocycles. The number of carbonyl (C=O) groups excluding carboxylic acids is 1. The van der Waals surface area contributed by atoms with Crippen molar-refractivity contribution in [3.05, 3.63) is 23.8 Å². The van der Waals surface area contributed by atoms with Crippen LogP contribution in [0, 0.1) is 0 Å². The Morgan fingerprint density at radius 3 is 2.86 bits per heavy atom. The molecule has 0 aromatic heterocycles. The van der Waals surface area contributed by atoms with Crippen molar-refractivity contribution in [2.45, 2.75) is 32.2 Å². The number of methoxy groups -OCH3 is 2. The highest BCUT2D eigenvalue weighted by atomic mass is 16.5. The van der Waals surface area contributed by atoms with Gasteiger partial charge in [0.15, 0.2) is 0 Å². The maximum atomic E-state index is 12.2. The van der Waals surface area contributed by atoms with E-state index in [4.69, 9.17) is 9.47 Å². The lowest BCUT2D eigenvalue weighted by Gasteiger charge is -2.32. The summed E-state index contributed by atoms with van der Waals surface area (Å²) in [5.41, 5.74) is 1.12. The standard InChI is InChI=1S/C17H26N2O3/c1-13-12-19(10-9-18-13)17(20)6-4-5-14-7-8-15(21-2)11-16(14)22-3/h7-8,11,13,18H,4-6,9-10,12H2,1-3H3/t13-/m1/s1. The lowest BCUT2D eigenvalue weighted by molar-refractivity contribution is -0.132. The third-order valence-electron chi connectivity index (χ3n) is 4.05. The quantitative estimate of drug-likeness (QED) is 0.871. The zero-order valence-corrected chi connectivity index (χ0v) is 13.7. The van der Waals surface area contributed by atoms with Crippen LogP contribution in [0.1, 0.15) is 25.3 Å². The molecule has 122 valence electrons. The second-order valence-corrected chi connectivity index (χ2v) is 5.73. The van der Waals surface area contributed by atoms with E-state index >= 15 is 0 Å². The highest BCUT2D eigenvalue weighted by molar-refractivity contribution is 5.76. The average molecular weight is 306 g/mol.